The summed E-state index contributed by atoms with van der Waals surface area (Å²) in [6.45, 7) is 3.79. The Hall–Kier alpha value is -3.68. The van der Waals surface area contributed by atoms with E-state index in [2.05, 4.69) is 17.1 Å². The van der Waals surface area contributed by atoms with Crippen molar-refractivity contribution >= 4 is 17.8 Å². The molecule has 0 radical (unpaired) electrons. The van der Waals surface area contributed by atoms with Gasteiger partial charge in [-0.1, -0.05) is 24.8 Å². The van der Waals surface area contributed by atoms with Gasteiger partial charge in [0.2, 0.25) is 0 Å². The molecule has 2 rings (SSSR count). The summed E-state index contributed by atoms with van der Waals surface area (Å²) in [5.41, 5.74) is 2.45. The number of amides is 1. The Balaban J connectivity index is 2.12. The molecule has 2 aromatic carbocycles. The first kappa shape index (κ1) is 17.7. The monoisotopic (exact) mass is 341 g/mol. The van der Waals surface area contributed by atoms with Crippen LogP contribution in [0.3, 0.4) is 0 Å². The highest BCUT2D eigenvalue weighted by Crippen LogP contribution is 2.21. The summed E-state index contributed by atoms with van der Waals surface area (Å²) in [5.74, 6) is -0.354. The van der Waals surface area contributed by atoms with E-state index in [0.29, 0.717) is 5.75 Å². The van der Waals surface area contributed by atoms with Crippen molar-refractivity contribution in [3.8, 4) is 11.5 Å². The maximum absolute atomic E-state index is 12.2. The second kappa shape index (κ2) is 8.25. The van der Waals surface area contributed by atoms with Gasteiger partial charge in [-0.3, -0.25) is 14.9 Å². The quantitative estimate of drug-likeness (QED) is 0.348. The van der Waals surface area contributed by atoms with E-state index in [9.17, 15) is 20.0 Å². The van der Waals surface area contributed by atoms with Crippen molar-refractivity contribution in [2.24, 2.45) is 5.10 Å². The van der Waals surface area contributed by atoms with Crippen LogP contribution >= 0.6 is 0 Å². The van der Waals surface area contributed by atoms with E-state index in [1.807, 2.05) is 0 Å². The summed E-state index contributed by atoms with van der Waals surface area (Å²) < 4.78 is 5.39. The maximum Gasteiger partial charge on any atom is 0.275 e. The minimum absolute atomic E-state index is 0.102. The molecular formula is C17H15N3O5. The van der Waals surface area contributed by atoms with E-state index in [1.165, 1.54) is 12.1 Å². The summed E-state index contributed by atoms with van der Waals surface area (Å²) in [6, 6.07) is 10.1. The third kappa shape index (κ3) is 4.64. The summed E-state index contributed by atoms with van der Waals surface area (Å²) in [5, 5.41) is 24.1. The van der Waals surface area contributed by atoms with Crippen LogP contribution in [0.25, 0.3) is 0 Å². The highest BCUT2D eigenvalue weighted by Gasteiger charge is 2.12. The van der Waals surface area contributed by atoms with Crippen LogP contribution in [-0.2, 0) is 0 Å². The van der Waals surface area contributed by atoms with Gasteiger partial charge in [-0.25, -0.2) is 5.43 Å². The minimum atomic E-state index is -0.595. The fourth-order valence-electron chi connectivity index (χ4n) is 1.91. The predicted molar refractivity (Wildman–Crippen MR) is 92.0 cm³/mol. The highest BCUT2D eigenvalue weighted by atomic mass is 16.6. The lowest BCUT2D eigenvalue weighted by molar-refractivity contribution is -0.384. The molecule has 0 aliphatic heterocycles. The number of nitrogens with one attached hydrogen (secondary N) is 1. The largest absolute Gasteiger partial charge is 0.507 e. The fourth-order valence-corrected chi connectivity index (χ4v) is 1.91. The van der Waals surface area contributed by atoms with Crippen molar-refractivity contribution in [3.63, 3.8) is 0 Å². The molecule has 0 saturated heterocycles. The molecule has 0 atom stereocenters. The first-order chi connectivity index (χ1) is 12.0. The van der Waals surface area contributed by atoms with Crippen LogP contribution in [0.2, 0.25) is 0 Å². The van der Waals surface area contributed by atoms with Crippen LogP contribution in [0.1, 0.15) is 15.9 Å². The zero-order valence-corrected chi connectivity index (χ0v) is 13.1. The van der Waals surface area contributed by atoms with Gasteiger partial charge in [0.25, 0.3) is 11.6 Å². The summed E-state index contributed by atoms with van der Waals surface area (Å²) in [4.78, 5) is 22.3. The van der Waals surface area contributed by atoms with Crippen LogP contribution < -0.4 is 10.2 Å². The number of carbonyl (C=O) groups is 1. The number of nitro benzene ring substituents is 1. The number of aromatic hydroxyl groups is 1. The number of carbonyl (C=O) groups excluding carboxylic acids is 1. The maximum atomic E-state index is 12.2. The normalized spacial score (nSPS) is 10.4. The summed E-state index contributed by atoms with van der Waals surface area (Å²) >= 11 is 0. The van der Waals surface area contributed by atoms with Gasteiger partial charge in [-0.05, 0) is 18.2 Å². The van der Waals surface area contributed by atoms with Crippen molar-refractivity contribution in [2.75, 3.05) is 6.61 Å². The van der Waals surface area contributed by atoms with Crippen molar-refractivity contribution in [1.82, 2.24) is 5.43 Å². The number of rotatable bonds is 7. The average molecular weight is 341 g/mol. The summed E-state index contributed by atoms with van der Waals surface area (Å²) in [7, 11) is 0. The summed E-state index contributed by atoms with van der Waals surface area (Å²) in [6.07, 6.45) is 2.67. The van der Waals surface area contributed by atoms with E-state index in [1.54, 1.807) is 30.3 Å². The molecule has 25 heavy (non-hydrogen) atoms. The molecule has 0 aliphatic carbocycles. The second-order valence-electron chi connectivity index (χ2n) is 4.80. The van der Waals surface area contributed by atoms with Gasteiger partial charge in [-0.2, -0.15) is 5.10 Å². The Morgan fingerprint density at radius 2 is 2.12 bits per heavy atom. The molecule has 0 fully saturated rings. The minimum Gasteiger partial charge on any atom is -0.507 e. The molecule has 0 aliphatic rings. The number of non-ortho nitro benzene ring substituents is 1. The van der Waals surface area contributed by atoms with E-state index in [-0.39, 0.29) is 29.2 Å². The number of phenols is 1. The Kier molecular flexibility index (Phi) is 5.83. The van der Waals surface area contributed by atoms with Gasteiger partial charge >= 0.3 is 0 Å². The van der Waals surface area contributed by atoms with Crippen molar-refractivity contribution in [3.05, 3.63) is 76.4 Å². The number of nitrogens with zero attached hydrogens (tertiary/aromatic N) is 2. The topological polar surface area (TPSA) is 114 Å². The number of phenolic OH excluding ortho intramolecular Hbond substituents is 1. The molecule has 128 valence electrons. The Bertz CT molecular complexity index is 833. The number of hydrazone groups is 1. The molecule has 0 heterocycles. The smallest absolute Gasteiger partial charge is 0.275 e. The van der Waals surface area contributed by atoms with E-state index in [4.69, 9.17) is 4.74 Å². The third-order valence-electron chi connectivity index (χ3n) is 3.08. The molecule has 2 aromatic rings. The Labute approximate surface area is 143 Å². The molecule has 8 nitrogen and oxygen atoms in total. The average Bonchev–Trinajstić information content (AvgIpc) is 2.61. The van der Waals surface area contributed by atoms with Crippen molar-refractivity contribution in [2.45, 2.75) is 0 Å². The Morgan fingerprint density at radius 1 is 1.36 bits per heavy atom. The molecule has 0 bridgehead atoms. The van der Waals surface area contributed by atoms with Gasteiger partial charge < -0.3 is 9.84 Å². The highest BCUT2D eigenvalue weighted by molar-refractivity contribution is 5.97. The lowest BCUT2D eigenvalue weighted by Gasteiger charge is -2.08. The van der Waals surface area contributed by atoms with Crippen molar-refractivity contribution in [1.29, 1.82) is 0 Å². The molecular weight excluding hydrogens is 326 g/mol. The van der Waals surface area contributed by atoms with Gasteiger partial charge in [0.1, 0.15) is 18.1 Å². The third-order valence-corrected chi connectivity index (χ3v) is 3.08. The zero-order chi connectivity index (χ0) is 18.2. The van der Waals surface area contributed by atoms with Crippen molar-refractivity contribution < 1.29 is 19.6 Å². The van der Waals surface area contributed by atoms with Crippen LogP contribution in [0.5, 0.6) is 11.5 Å². The zero-order valence-electron chi connectivity index (χ0n) is 13.1. The van der Waals surface area contributed by atoms with Crippen LogP contribution in [-0.4, -0.2) is 28.8 Å². The van der Waals surface area contributed by atoms with Crippen LogP contribution in [0.4, 0.5) is 5.69 Å². The molecule has 2 N–H and O–H groups in total. The van der Waals surface area contributed by atoms with E-state index < -0.39 is 10.8 Å². The second-order valence-corrected chi connectivity index (χ2v) is 4.80. The molecule has 0 aromatic heterocycles. The van der Waals surface area contributed by atoms with Crippen LogP contribution in [0.15, 0.2) is 60.2 Å². The van der Waals surface area contributed by atoms with Gasteiger partial charge in [0.05, 0.1) is 16.7 Å². The number of hydrogen-bond donors (Lipinski definition) is 2. The number of hydrogen-bond acceptors (Lipinski definition) is 6. The first-order valence-corrected chi connectivity index (χ1v) is 7.16. The number of benzene rings is 2. The van der Waals surface area contributed by atoms with Crippen LogP contribution in [0, 0.1) is 10.1 Å². The number of nitro groups is 1. The number of para-hydroxylation sites is 1. The van der Waals surface area contributed by atoms with Gasteiger partial charge in [-0.15, -0.1) is 0 Å². The molecule has 0 spiro atoms. The molecule has 0 unspecified atom stereocenters. The molecule has 8 heteroatoms. The standard InChI is InChI=1S/C17H15N3O5/c1-2-9-25-16-6-4-3-5-14(16)17(22)19-18-11-12-10-13(20(23)24)7-8-15(12)21/h2-8,10-11,21H,1,9H2,(H,19,22). The lowest BCUT2D eigenvalue weighted by atomic mass is 10.2. The predicted octanol–water partition coefficient (Wildman–Crippen LogP) is 2.63. The Morgan fingerprint density at radius 3 is 2.84 bits per heavy atom. The molecule has 1 amide bonds. The molecule has 0 saturated carbocycles. The fraction of sp³-hybridized carbons (Fsp3) is 0.0588. The number of ether oxygens (including phenoxy) is 1. The SMILES string of the molecule is C=CCOc1ccccc1C(=O)NN=Cc1cc([N+](=O)[O-])ccc1O. The van der Waals surface area contributed by atoms with Gasteiger partial charge in [0, 0.05) is 17.7 Å². The van der Waals surface area contributed by atoms with E-state index >= 15 is 0 Å². The van der Waals surface area contributed by atoms with Gasteiger partial charge in [0.15, 0.2) is 0 Å². The van der Waals surface area contributed by atoms with E-state index in [0.717, 1.165) is 12.3 Å². The first-order valence-electron chi connectivity index (χ1n) is 7.16. The lowest BCUT2D eigenvalue weighted by Crippen LogP contribution is -2.18.